The number of methoxy groups -OCH3 is 1. The third kappa shape index (κ3) is 4.74. The Kier molecular flexibility index (Phi) is 7.46. The van der Waals surface area contributed by atoms with Crippen LogP contribution in [-0.2, 0) is 0 Å². The molecule has 4 unspecified atom stereocenters. The van der Waals surface area contributed by atoms with Crippen molar-refractivity contribution < 1.29 is 9.84 Å². The second-order valence-corrected chi connectivity index (χ2v) is 9.20. The predicted molar refractivity (Wildman–Crippen MR) is 116 cm³/mol. The van der Waals surface area contributed by atoms with Crippen LogP contribution in [0.5, 0.6) is 5.75 Å². The maximum atomic E-state index is 11.2. The summed E-state index contributed by atoms with van der Waals surface area (Å²) in [5.41, 5.74) is 1.85. The highest BCUT2D eigenvalue weighted by Gasteiger charge is 2.42. The average molecular weight is 444 g/mol. The number of alkyl halides is 3. The van der Waals surface area contributed by atoms with Gasteiger partial charge in [-0.05, 0) is 61.1 Å². The molecule has 4 heterocycles. The maximum absolute atomic E-state index is 11.2. The second kappa shape index (κ2) is 9.64. The molecule has 0 radical (unpaired) electrons. The highest BCUT2D eigenvalue weighted by molar-refractivity contribution is 6.63. The lowest BCUT2D eigenvalue weighted by atomic mass is 9.73. The SMILES string of the molecule is C=CC1CN2CCC1CC2[C@H](O)c1ccnc2ccc(OC)cc12.ClC(Cl)Cl. The van der Waals surface area contributed by atoms with Gasteiger partial charge in [0.2, 0.25) is 0 Å². The summed E-state index contributed by atoms with van der Waals surface area (Å²) < 4.78 is 4.60. The number of rotatable bonds is 4. The van der Waals surface area contributed by atoms with Gasteiger partial charge in [-0.2, -0.15) is 0 Å². The molecule has 5 atom stereocenters. The Morgan fingerprint density at radius 1 is 1.32 bits per heavy atom. The number of benzene rings is 1. The Morgan fingerprint density at radius 2 is 2.07 bits per heavy atom. The summed E-state index contributed by atoms with van der Waals surface area (Å²) in [4.78, 5) is 6.86. The Labute approximate surface area is 181 Å². The number of aliphatic hydroxyl groups excluding tert-OH is 1. The van der Waals surface area contributed by atoms with Crippen LogP contribution in [0.25, 0.3) is 10.9 Å². The van der Waals surface area contributed by atoms with Gasteiger partial charge in [0.05, 0.1) is 18.7 Å². The minimum absolute atomic E-state index is 0.178. The van der Waals surface area contributed by atoms with Crippen LogP contribution in [0.1, 0.15) is 24.5 Å². The number of piperidine rings is 3. The van der Waals surface area contributed by atoms with Crippen molar-refractivity contribution >= 4 is 45.7 Å². The summed E-state index contributed by atoms with van der Waals surface area (Å²) in [5, 5.41) is 12.1. The number of ether oxygens (including phenoxy) is 1. The van der Waals surface area contributed by atoms with Crippen LogP contribution in [-0.4, -0.2) is 45.5 Å². The highest BCUT2D eigenvalue weighted by Crippen LogP contribution is 2.42. The third-order valence-corrected chi connectivity index (χ3v) is 5.82. The van der Waals surface area contributed by atoms with E-state index in [9.17, 15) is 5.11 Å². The van der Waals surface area contributed by atoms with Crippen LogP contribution >= 0.6 is 34.8 Å². The Balaban J connectivity index is 0.000000516. The van der Waals surface area contributed by atoms with Gasteiger partial charge < -0.3 is 9.84 Å². The van der Waals surface area contributed by atoms with Crippen molar-refractivity contribution in [2.75, 3.05) is 20.2 Å². The van der Waals surface area contributed by atoms with E-state index < -0.39 is 10.4 Å². The van der Waals surface area contributed by atoms with E-state index in [1.165, 1.54) is 6.42 Å². The normalized spacial score (nSPS) is 27.2. The molecule has 5 rings (SSSR count). The number of hydrogen-bond acceptors (Lipinski definition) is 4. The van der Waals surface area contributed by atoms with E-state index in [1.54, 1.807) is 13.3 Å². The molecule has 2 bridgehead atoms. The van der Waals surface area contributed by atoms with Crippen molar-refractivity contribution in [1.29, 1.82) is 0 Å². The fourth-order valence-electron chi connectivity index (χ4n) is 4.44. The Morgan fingerprint density at radius 3 is 2.68 bits per heavy atom. The first kappa shape index (κ1) is 21.7. The molecule has 2 aromatic rings. The number of hydrogen-bond donors (Lipinski definition) is 1. The van der Waals surface area contributed by atoms with E-state index in [0.29, 0.717) is 11.8 Å². The maximum Gasteiger partial charge on any atom is 0.180 e. The van der Waals surface area contributed by atoms with Gasteiger partial charge in [-0.1, -0.05) is 40.9 Å². The first-order valence-electron chi connectivity index (χ1n) is 9.34. The minimum Gasteiger partial charge on any atom is -0.497 e. The fraction of sp³-hybridized carbons (Fsp3) is 0.476. The second-order valence-electron chi connectivity index (χ2n) is 7.22. The molecule has 1 aromatic heterocycles. The zero-order valence-electron chi connectivity index (χ0n) is 15.8. The first-order valence-corrected chi connectivity index (χ1v) is 10.6. The number of aliphatic hydroxyl groups is 1. The molecule has 3 saturated heterocycles. The zero-order chi connectivity index (χ0) is 20.3. The smallest absolute Gasteiger partial charge is 0.180 e. The summed E-state index contributed by atoms with van der Waals surface area (Å²) in [5.74, 6) is 2.01. The molecular formula is C21H25Cl3N2O2. The molecule has 4 nitrogen and oxygen atoms in total. The lowest BCUT2D eigenvalue weighted by molar-refractivity contribution is -0.0444. The number of aromatic nitrogens is 1. The summed E-state index contributed by atoms with van der Waals surface area (Å²) in [6.07, 6.45) is 5.62. The van der Waals surface area contributed by atoms with Gasteiger partial charge in [0.25, 0.3) is 0 Å². The van der Waals surface area contributed by atoms with Crippen LogP contribution in [0.15, 0.2) is 43.1 Å². The molecular weight excluding hydrogens is 419 g/mol. The van der Waals surface area contributed by atoms with Crippen molar-refractivity contribution in [1.82, 2.24) is 9.88 Å². The molecule has 0 saturated carbocycles. The largest absolute Gasteiger partial charge is 0.497 e. The van der Waals surface area contributed by atoms with Gasteiger partial charge in [0.1, 0.15) is 5.75 Å². The summed E-state index contributed by atoms with van der Waals surface area (Å²) >= 11 is 14.4. The number of fused-ring (bicyclic) bond motifs is 4. The van der Waals surface area contributed by atoms with E-state index >= 15 is 0 Å². The standard InChI is InChI=1S/C20H24N2O2.CHCl3/c1-3-13-12-22-9-7-14(13)10-19(22)20(23)16-6-8-21-18-5-4-15(24-2)11-17(16)18;2-1(3)4/h3-6,8,11,13-14,19-20,23H,1,7,9-10,12H2,2H3;1H/t13?,14?,19?,20-;/m1./s1. The molecule has 0 amide bonds. The zero-order valence-corrected chi connectivity index (χ0v) is 18.0. The van der Waals surface area contributed by atoms with Gasteiger partial charge >= 0.3 is 0 Å². The van der Waals surface area contributed by atoms with Crippen LogP contribution in [0, 0.1) is 11.8 Å². The van der Waals surface area contributed by atoms with Crippen molar-refractivity contribution in [3.05, 3.63) is 48.7 Å². The van der Waals surface area contributed by atoms with Crippen molar-refractivity contribution in [2.24, 2.45) is 11.8 Å². The van der Waals surface area contributed by atoms with E-state index in [1.807, 2.05) is 24.3 Å². The van der Waals surface area contributed by atoms with Crippen LogP contribution in [0.4, 0.5) is 0 Å². The average Bonchev–Trinajstić information content (AvgIpc) is 2.72. The summed E-state index contributed by atoms with van der Waals surface area (Å²) in [7, 11) is 1.66. The van der Waals surface area contributed by atoms with E-state index in [0.717, 1.165) is 41.7 Å². The van der Waals surface area contributed by atoms with Crippen molar-refractivity contribution in [2.45, 2.75) is 29.3 Å². The van der Waals surface area contributed by atoms with Gasteiger partial charge in [-0.25, -0.2) is 0 Å². The van der Waals surface area contributed by atoms with Crippen molar-refractivity contribution in [3.8, 4) is 5.75 Å². The lowest BCUT2D eigenvalue weighted by Crippen LogP contribution is -2.54. The molecule has 7 heteroatoms. The molecule has 3 aliphatic rings. The molecule has 3 fully saturated rings. The van der Waals surface area contributed by atoms with E-state index in [-0.39, 0.29) is 6.04 Å². The predicted octanol–water partition coefficient (Wildman–Crippen LogP) is 5.16. The third-order valence-electron chi connectivity index (χ3n) is 5.82. The highest BCUT2D eigenvalue weighted by atomic mass is 35.6. The fourth-order valence-corrected chi connectivity index (χ4v) is 4.44. The van der Waals surface area contributed by atoms with Crippen LogP contribution < -0.4 is 4.74 Å². The molecule has 1 aromatic carbocycles. The van der Waals surface area contributed by atoms with Gasteiger partial charge in [-0.15, -0.1) is 6.58 Å². The first-order chi connectivity index (χ1) is 13.4. The van der Waals surface area contributed by atoms with Crippen LogP contribution in [0.2, 0.25) is 0 Å². The molecule has 0 spiro atoms. The van der Waals surface area contributed by atoms with E-state index in [4.69, 9.17) is 39.5 Å². The van der Waals surface area contributed by atoms with Crippen molar-refractivity contribution in [3.63, 3.8) is 0 Å². The molecule has 152 valence electrons. The number of nitrogens with zero attached hydrogens (tertiary/aromatic N) is 2. The molecule has 28 heavy (non-hydrogen) atoms. The summed E-state index contributed by atoms with van der Waals surface area (Å²) in [6, 6.07) is 7.96. The van der Waals surface area contributed by atoms with E-state index in [2.05, 4.69) is 22.5 Å². The quantitative estimate of drug-likeness (QED) is 0.524. The minimum atomic E-state index is -0.750. The lowest BCUT2D eigenvalue weighted by Gasteiger charge is -2.50. The van der Waals surface area contributed by atoms with Gasteiger partial charge in [0.15, 0.2) is 4.30 Å². The number of halogens is 3. The Bertz CT molecular complexity index is 815. The monoisotopic (exact) mass is 442 g/mol. The van der Waals surface area contributed by atoms with Crippen LogP contribution in [0.3, 0.4) is 0 Å². The van der Waals surface area contributed by atoms with Gasteiger partial charge in [-0.3, -0.25) is 9.88 Å². The molecule has 3 aliphatic heterocycles. The number of pyridine rings is 1. The molecule has 0 aliphatic carbocycles. The molecule has 1 N–H and O–H groups in total. The van der Waals surface area contributed by atoms with Gasteiger partial charge in [0, 0.05) is 24.2 Å². The topological polar surface area (TPSA) is 45.6 Å². The summed E-state index contributed by atoms with van der Waals surface area (Å²) in [6.45, 7) is 6.07. The Hall–Kier alpha value is -1.04.